The molecular weight excluding hydrogens is 377 g/mol. The van der Waals surface area contributed by atoms with Crippen LogP contribution in [0.1, 0.15) is 27.5 Å². The summed E-state index contributed by atoms with van der Waals surface area (Å²) in [6.07, 6.45) is 1.51. The second-order valence-electron chi connectivity index (χ2n) is 6.87. The van der Waals surface area contributed by atoms with Gasteiger partial charge in [0.05, 0.1) is 5.52 Å². The fraction of sp³-hybridized carbons (Fsp3) is 0.190. The summed E-state index contributed by atoms with van der Waals surface area (Å²) in [6.45, 7) is 1.14. The normalized spacial score (nSPS) is 17.3. The van der Waals surface area contributed by atoms with E-state index in [0.717, 1.165) is 0 Å². The van der Waals surface area contributed by atoms with E-state index in [0.29, 0.717) is 29.7 Å². The summed E-state index contributed by atoms with van der Waals surface area (Å²) in [7, 11) is 0. The van der Waals surface area contributed by atoms with Gasteiger partial charge in [-0.2, -0.15) is 0 Å². The van der Waals surface area contributed by atoms with Gasteiger partial charge in [-0.05, 0) is 41.5 Å². The molecule has 1 saturated heterocycles. The van der Waals surface area contributed by atoms with E-state index in [9.17, 15) is 23.9 Å². The Morgan fingerprint density at radius 2 is 2.00 bits per heavy atom. The van der Waals surface area contributed by atoms with Crippen LogP contribution < -0.4 is 10.9 Å². The average molecular weight is 395 g/mol. The molecule has 0 bridgehead atoms. The van der Waals surface area contributed by atoms with E-state index in [2.05, 4.69) is 5.32 Å². The van der Waals surface area contributed by atoms with Gasteiger partial charge < -0.3 is 10.4 Å². The molecule has 0 spiro atoms. The van der Waals surface area contributed by atoms with Gasteiger partial charge in [-0.1, -0.05) is 18.2 Å². The minimum absolute atomic E-state index is 0.225. The number of carbonyl (C=O) groups is 2. The number of hydrogen-bond acceptors (Lipinski definition) is 4. The van der Waals surface area contributed by atoms with Gasteiger partial charge in [0.2, 0.25) is 5.91 Å². The first kappa shape index (κ1) is 18.8. The number of nitrogens with zero attached hydrogens (tertiary/aromatic N) is 2. The molecule has 3 aromatic rings. The number of aromatic carboxylic acids is 1. The summed E-state index contributed by atoms with van der Waals surface area (Å²) >= 11 is 0. The number of nitrogens with one attached hydrogen (secondary N) is 1. The first-order chi connectivity index (χ1) is 14.0. The van der Waals surface area contributed by atoms with E-state index >= 15 is 0 Å². The Hall–Kier alpha value is -3.52. The molecule has 8 heteroatoms. The molecule has 2 aromatic heterocycles. The molecule has 4 rings (SSSR count). The number of piperazine rings is 1. The zero-order chi connectivity index (χ0) is 20.5. The van der Waals surface area contributed by atoms with Gasteiger partial charge in [0.15, 0.2) is 0 Å². The fourth-order valence-corrected chi connectivity index (χ4v) is 3.74. The first-order valence-electron chi connectivity index (χ1n) is 9.09. The lowest BCUT2D eigenvalue weighted by atomic mass is 10.0. The third-order valence-corrected chi connectivity index (χ3v) is 5.04. The van der Waals surface area contributed by atoms with Gasteiger partial charge in [0.25, 0.3) is 5.56 Å². The quantitative estimate of drug-likeness (QED) is 0.703. The van der Waals surface area contributed by atoms with Gasteiger partial charge in [-0.3, -0.25) is 18.9 Å². The van der Waals surface area contributed by atoms with E-state index in [1.54, 1.807) is 30.3 Å². The molecule has 1 aromatic carbocycles. The van der Waals surface area contributed by atoms with Crippen molar-refractivity contribution >= 4 is 17.4 Å². The van der Waals surface area contributed by atoms with Gasteiger partial charge >= 0.3 is 5.97 Å². The van der Waals surface area contributed by atoms with Crippen molar-refractivity contribution in [3.05, 3.63) is 87.6 Å². The van der Waals surface area contributed by atoms with Crippen molar-refractivity contribution in [2.45, 2.75) is 12.6 Å². The molecule has 0 aliphatic carbocycles. The molecule has 1 aliphatic heterocycles. The second kappa shape index (κ2) is 7.48. The van der Waals surface area contributed by atoms with E-state index in [1.165, 1.54) is 28.8 Å². The molecule has 0 saturated carbocycles. The lowest BCUT2D eigenvalue weighted by molar-refractivity contribution is -0.129. The van der Waals surface area contributed by atoms with Crippen LogP contribution in [0.25, 0.3) is 5.52 Å². The van der Waals surface area contributed by atoms with Gasteiger partial charge in [0, 0.05) is 25.8 Å². The molecule has 0 radical (unpaired) electrons. The first-order valence-corrected chi connectivity index (χ1v) is 9.09. The van der Waals surface area contributed by atoms with Crippen molar-refractivity contribution < 1.29 is 19.1 Å². The highest BCUT2D eigenvalue weighted by Gasteiger charge is 2.32. The molecule has 1 atom stereocenters. The molecule has 7 nitrogen and oxygen atoms in total. The maximum atomic E-state index is 13.7. The smallest absolute Gasteiger partial charge is 0.341 e. The molecule has 148 valence electrons. The van der Waals surface area contributed by atoms with Gasteiger partial charge in [-0.15, -0.1) is 0 Å². The molecule has 29 heavy (non-hydrogen) atoms. The lowest BCUT2D eigenvalue weighted by Crippen LogP contribution is -2.49. The van der Waals surface area contributed by atoms with E-state index in [-0.39, 0.29) is 18.0 Å². The summed E-state index contributed by atoms with van der Waals surface area (Å²) in [5, 5.41) is 12.2. The topological polar surface area (TPSA) is 91.1 Å². The number of amides is 1. The van der Waals surface area contributed by atoms with Crippen molar-refractivity contribution in [3.8, 4) is 0 Å². The van der Waals surface area contributed by atoms with E-state index in [4.69, 9.17) is 0 Å². The molecule has 1 aliphatic rings. The number of halogens is 1. The van der Waals surface area contributed by atoms with Crippen LogP contribution in [-0.4, -0.2) is 39.4 Å². The third-order valence-electron chi connectivity index (χ3n) is 5.04. The Labute approximate surface area is 165 Å². The van der Waals surface area contributed by atoms with Crippen molar-refractivity contribution in [2.75, 3.05) is 13.1 Å². The maximum absolute atomic E-state index is 13.7. The number of fused-ring (bicyclic) bond motifs is 1. The third kappa shape index (κ3) is 3.50. The number of hydrogen-bond donors (Lipinski definition) is 2. The molecule has 2 N–H and O–H groups in total. The Kier molecular flexibility index (Phi) is 4.85. The molecular formula is C21H18FN3O4. The Bertz CT molecular complexity index is 1170. The minimum atomic E-state index is -1.31. The van der Waals surface area contributed by atoms with Crippen LogP contribution in [0.4, 0.5) is 4.39 Å². The highest BCUT2D eigenvalue weighted by molar-refractivity contribution is 5.88. The maximum Gasteiger partial charge on any atom is 0.341 e. The monoisotopic (exact) mass is 395 g/mol. The largest absolute Gasteiger partial charge is 0.477 e. The fourth-order valence-electron chi connectivity index (χ4n) is 3.74. The SMILES string of the molecule is O=C(O)c1cc(CN2CCNC(=O)C2c2cccc(F)c2)c2ccccn2c1=O. The standard InChI is InChI=1S/C21H18FN3O4/c22-15-5-3-4-13(10-15)18-19(26)23-7-9-24(18)12-14-11-16(21(28)29)20(27)25-8-2-1-6-17(14)25/h1-6,8,10-11,18H,7,9,12H2,(H,23,26)(H,28,29). The number of benzene rings is 1. The summed E-state index contributed by atoms with van der Waals surface area (Å²) in [5.41, 5.74) is 0.714. The van der Waals surface area contributed by atoms with Crippen molar-refractivity contribution in [1.29, 1.82) is 0 Å². The van der Waals surface area contributed by atoms with Gasteiger partial charge in [-0.25, -0.2) is 9.18 Å². The Morgan fingerprint density at radius 3 is 2.76 bits per heavy atom. The zero-order valence-corrected chi connectivity index (χ0v) is 15.3. The van der Waals surface area contributed by atoms with Gasteiger partial charge in [0.1, 0.15) is 17.4 Å². The highest BCUT2D eigenvalue weighted by Crippen LogP contribution is 2.27. The van der Waals surface area contributed by atoms with Crippen LogP contribution in [-0.2, 0) is 11.3 Å². The second-order valence-corrected chi connectivity index (χ2v) is 6.87. The zero-order valence-electron chi connectivity index (χ0n) is 15.3. The summed E-state index contributed by atoms with van der Waals surface area (Å²) in [6, 6.07) is 11.6. The van der Waals surface area contributed by atoms with Crippen LogP contribution in [0, 0.1) is 5.82 Å². The predicted octanol–water partition coefficient (Wildman–Crippen LogP) is 1.81. The van der Waals surface area contributed by atoms with Crippen molar-refractivity contribution in [2.24, 2.45) is 0 Å². The number of carboxylic acids is 1. The Balaban J connectivity index is 1.80. The summed E-state index contributed by atoms with van der Waals surface area (Å²) in [5.74, 6) is -2.00. The summed E-state index contributed by atoms with van der Waals surface area (Å²) in [4.78, 5) is 38.4. The van der Waals surface area contributed by atoms with Crippen LogP contribution in [0.3, 0.4) is 0 Å². The summed E-state index contributed by atoms with van der Waals surface area (Å²) < 4.78 is 15.0. The van der Waals surface area contributed by atoms with Crippen LogP contribution in [0.2, 0.25) is 0 Å². The number of carbonyl (C=O) groups excluding carboxylic acids is 1. The predicted molar refractivity (Wildman–Crippen MR) is 103 cm³/mol. The number of aromatic nitrogens is 1. The van der Waals surface area contributed by atoms with E-state index < -0.39 is 23.4 Å². The van der Waals surface area contributed by atoms with Crippen LogP contribution in [0.5, 0.6) is 0 Å². The van der Waals surface area contributed by atoms with E-state index in [1.807, 2.05) is 4.90 Å². The number of carboxylic acid groups (broad SMARTS) is 1. The molecule has 1 amide bonds. The minimum Gasteiger partial charge on any atom is -0.477 e. The lowest BCUT2D eigenvalue weighted by Gasteiger charge is -2.35. The van der Waals surface area contributed by atoms with Crippen LogP contribution in [0.15, 0.2) is 59.5 Å². The number of pyridine rings is 2. The molecule has 1 fully saturated rings. The molecule has 1 unspecified atom stereocenters. The van der Waals surface area contributed by atoms with Crippen molar-refractivity contribution in [1.82, 2.24) is 14.6 Å². The van der Waals surface area contributed by atoms with Crippen LogP contribution >= 0.6 is 0 Å². The average Bonchev–Trinajstić information content (AvgIpc) is 2.70. The molecule has 3 heterocycles. The van der Waals surface area contributed by atoms with Crippen molar-refractivity contribution in [3.63, 3.8) is 0 Å². The highest BCUT2D eigenvalue weighted by atomic mass is 19.1. The Morgan fingerprint density at radius 1 is 1.17 bits per heavy atom. The number of rotatable bonds is 4.